The molecule has 34 heavy (non-hydrogen) atoms. The van der Waals surface area contributed by atoms with Gasteiger partial charge in [-0.15, -0.1) is 11.3 Å². The third kappa shape index (κ3) is 5.01. The first kappa shape index (κ1) is 23.2. The molecule has 3 N–H and O–H groups in total. The SMILES string of the molecule is C[C@@H](NC(=O)c1ncnc2c1CCC(=O)N2)c1ncc(C(=O)Nc2cccc(C(F)(F)F)n2)s1. The number of hydrogen-bond donors (Lipinski definition) is 3. The first-order valence-electron chi connectivity index (χ1n) is 9.87. The summed E-state index contributed by atoms with van der Waals surface area (Å²) in [5, 5.41) is 8.04. The molecule has 1 atom stereocenters. The van der Waals surface area contributed by atoms with Gasteiger partial charge in [0.1, 0.15) is 39.2 Å². The third-order valence-electron chi connectivity index (χ3n) is 4.77. The third-order valence-corrected chi connectivity index (χ3v) is 5.95. The van der Waals surface area contributed by atoms with Crippen molar-refractivity contribution < 1.29 is 27.6 Å². The Balaban J connectivity index is 1.43. The predicted molar refractivity (Wildman–Crippen MR) is 114 cm³/mol. The van der Waals surface area contributed by atoms with Crippen molar-refractivity contribution in [1.29, 1.82) is 0 Å². The lowest BCUT2D eigenvalue weighted by Gasteiger charge is -2.18. The highest BCUT2D eigenvalue weighted by Crippen LogP contribution is 2.29. The van der Waals surface area contributed by atoms with Crippen LogP contribution in [0.4, 0.5) is 24.8 Å². The zero-order valence-corrected chi connectivity index (χ0v) is 18.3. The van der Waals surface area contributed by atoms with Gasteiger partial charge in [0.05, 0.1) is 12.2 Å². The Morgan fingerprint density at radius 1 is 1.15 bits per heavy atom. The zero-order chi connectivity index (χ0) is 24.5. The summed E-state index contributed by atoms with van der Waals surface area (Å²) in [5.41, 5.74) is -0.473. The molecule has 10 nitrogen and oxygen atoms in total. The number of fused-ring (bicyclic) bond motifs is 1. The average Bonchev–Trinajstić information content (AvgIpc) is 3.29. The van der Waals surface area contributed by atoms with Gasteiger partial charge in [0.2, 0.25) is 5.91 Å². The molecule has 0 radical (unpaired) electrons. The molecule has 176 valence electrons. The van der Waals surface area contributed by atoms with E-state index in [2.05, 4.69) is 35.9 Å². The van der Waals surface area contributed by atoms with Gasteiger partial charge in [-0.2, -0.15) is 13.2 Å². The molecule has 3 aromatic heterocycles. The fourth-order valence-corrected chi connectivity index (χ4v) is 3.96. The molecule has 0 unspecified atom stereocenters. The minimum absolute atomic E-state index is 0.123. The summed E-state index contributed by atoms with van der Waals surface area (Å²) in [5.74, 6) is -1.34. The van der Waals surface area contributed by atoms with Crippen molar-refractivity contribution in [2.45, 2.75) is 32.0 Å². The molecule has 0 aliphatic carbocycles. The number of aromatic nitrogens is 4. The zero-order valence-electron chi connectivity index (χ0n) is 17.4. The number of hydrogen-bond acceptors (Lipinski definition) is 8. The Labute approximate surface area is 194 Å². The highest BCUT2D eigenvalue weighted by Gasteiger charge is 2.32. The number of nitrogens with zero attached hydrogens (tertiary/aromatic N) is 4. The van der Waals surface area contributed by atoms with Crippen LogP contribution >= 0.6 is 11.3 Å². The van der Waals surface area contributed by atoms with Crippen LogP contribution in [-0.4, -0.2) is 37.7 Å². The number of amides is 3. The fraction of sp³-hybridized carbons (Fsp3) is 0.250. The number of anilines is 2. The van der Waals surface area contributed by atoms with E-state index in [1.807, 2.05) is 0 Å². The maximum Gasteiger partial charge on any atom is 0.433 e. The summed E-state index contributed by atoms with van der Waals surface area (Å²) in [6, 6.07) is 2.57. The first-order chi connectivity index (χ1) is 16.1. The Bertz CT molecular complexity index is 1280. The number of thiazole rings is 1. The second kappa shape index (κ2) is 9.13. The number of halogens is 3. The quantitative estimate of drug-likeness (QED) is 0.499. The van der Waals surface area contributed by atoms with Crippen molar-refractivity contribution in [3.8, 4) is 0 Å². The molecule has 0 aromatic carbocycles. The highest BCUT2D eigenvalue weighted by molar-refractivity contribution is 7.13. The molecule has 0 fully saturated rings. The summed E-state index contributed by atoms with van der Waals surface area (Å²) in [6.07, 6.45) is -1.67. The van der Waals surface area contributed by atoms with Crippen molar-refractivity contribution in [2.75, 3.05) is 10.6 Å². The van der Waals surface area contributed by atoms with E-state index in [4.69, 9.17) is 0 Å². The van der Waals surface area contributed by atoms with Crippen LogP contribution in [0.2, 0.25) is 0 Å². The second-order valence-electron chi connectivity index (χ2n) is 7.22. The molecule has 1 aliphatic rings. The van der Waals surface area contributed by atoms with E-state index in [0.29, 0.717) is 22.8 Å². The normalized spacial score (nSPS) is 14.1. The number of carbonyl (C=O) groups excluding carboxylic acids is 3. The van der Waals surface area contributed by atoms with Crippen molar-refractivity contribution in [3.05, 3.63) is 57.6 Å². The maximum atomic E-state index is 12.8. The first-order valence-corrected chi connectivity index (χ1v) is 10.7. The van der Waals surface area contributed by atoms with E-state index in [-0.39, 0.29) is 28.7 Å². The molecule has 0 saturated carbocycles. The lowest BCUT2D eigenvalue weighted by Crippen LogP contribution is -2.30. The predicted octanol–water partition coefficient (Wildman–Crippen LogP) is 2.97. The van der Waals surface area contributed by atoms with Crippen molar-refractivity contribution in [3.63, 3.8) is 0 Å². The van der Waals surface area contributed by atoms with E-state index >= 15 is 0 Å². The number of pyridine rings is 1. The van der Waals surface area contributed by atoms with Crippen LogP contribution in [0, 0.1) is 0 Å². The van der Waals surface area contributed by atoms with Gasteiger partial charge >= 0.3 is 6.18 Å². The van der Waals surface area contributed by atoms with Gasteiger partial charge in [-0.05, 0) is 25.5 Å². The minimum atomic E-state index is -4.64. The molecular weight excluding hydrogens is 475 g/mol. The molecule has 0 spiro atoms. The lowest BCUT2D eigenvalue weighted by atomic mass is 10.0. The molecule has 3 amide bonds. The lowest BCUT2D eigenvalue weighted by molar-refractivity contribution is -0.141. The van der Waals surface area contributed by atoms with Crippen LogP contribution in [-0.2, 0) is 17.4 Å². The number of carbonyl (C=O) groups is 3. The monoisotopic (exact) mass is 491 g/mol. The standard InChI is InChI=1S/C20H16F3N7O3S/c1-9(27-18(33)15-10-5-6-14(31)30-16(10)26-8-25-15)19-24-7-11(34-19)17(32)29-13-4-2-3-12(28-13)20(21,22)23/h2-4,7-9H,5-6H2,1H3,(H,27,33)(H,28,29,32)(H,25,26,30,31)/t9-/m1/s1. The van der Waals surface area contributed by atoms with Gasteiger partial charge < -0.3 is 16.0 Å². The number of nitrogens with one attached hydrogen (secondary N) is 3. The topological polar surface area (TPSA) is 139 Å². The molecule has 4 heterocycles. The van der Waals surface area contributed by atoms with E-state index in [1.165, 1.54) is 18.6 Å². The fourth-order valence-electron chi connectivity index (χ4n) is 3.15. The van der Waals surface area contributed by atoms with Crippen molar-refractivity contribution >= 4 is 40.7 Å². The van der Waals surface area contributed by atoms with Crippen LogP contribution in [0.1, 0.15) is 55.8 Å². The van der Waals surface area contributed by atoms with Crippen LogP contribution < -0.4 is 16.0 Å². The second-order valence-corrected chi connectivity index (χ2v) is 8.28. The van der Waals surface area contributed by atoms with E-state index < -0.39 is 29.7 Å². The highest BCUT2D eigenvalue weighted by atomic mass is 32.1. The van der Waals surface area contributed by atoms with Gasteiger partial charge in [0.25, 0.3) is 11.8 Å². The van der Waals surface area contributed by atoms with E-state index in [1.54, 1.807) is 6.92 Å². The number of alkyl halides is 3. The van der Waals surface area contributed by atoms with Gasteiger partial charge in [-0.1, -0.05) is 6.07 Å². The Hall–Kier alpha value is -3.94. The van der Waals surface area contributed by atoms with Crippen molar-refractivity contribution in [1.82, 2.24) is 25.3 Å². The largest absolute Gasteiger partial charge is 0.433 e. The molecule has 0 bridgehead atoms. The van der Waals surface area contributed by atoms with Gasteiger partial charge in [0, 0.05) is 12.0 Å². The maximum absolute atomic E-state index is 12.8. The van der Waals surface area contributed by atoms with Gasteiger partial charge in [-0.25, -0.2) is 19.9 Å². The van der Waals surface area contributed by atoms with Crippen LogP contribution in [0.25, 0.3) is 0 Å². The summed E-state index contributed by atoms with van der Waals surface area (Å²) in [4.78, 5) is 52.4. The van der Waals surface area contributed by atoms with E-state index in [0.717, 1.165) is 23.5 Å². The Kier molecular flexibility index (Phi) is 6.24. The van der Waals surface area contributed by atoms with Crippen molar-refractivity contribution in [2.24, 2.45) is 0 Å². The molecule has 14 heteroatoms. The summed E-state index contributed by atoms with van der Waals surface area (Å²) in [7, 11) is 0. The molecular formula is C20H16F3N7O3S. The van der Waals surface area contributed by atoms with Gasteiger partial charge in [0.15, 0.2) is 0 Å². The van der Waals surface area contributed by atoms with Crippen LogP contribution in [0.3, 0.4) is 0 Å². The van der Waals surface area contributed by atoms with Crippen LogP contribution in [0.5, 0.6) is 0 Å². The minimum Gasteiger partial charge on any atom is -0.342 e. The summed E-state index contributed by atoms with van der Waals surface area (Å²) in [6.45, 7) is 1.65. The molecule has 3 aromatic rings. The van der Waals surface area contributed by atoms with Gasteiger partial charge in [-0.3, -0.25) is 14.4 Å². The average molecular weight is 491 g/mol. The summed E-state index contributed by atoms with van der Waals surface area (Å²) >= 11 is 0.967. The molecule has 1 aliphatic heterocycles. The molecule has 0 saturated heterocycles. The van der Waals surface area contributed by atoms with E-state index in [9.17, 15) is 27.6 Å². The Morgan fingerprint density at radius 3 is 2.71 bits per heavy atom. The Morgan fingerprint density at radius 2 is 1.94 bits per heavy atom. The molecule has 4 rings (SSSR count). The van der Waals surface area contributed by atoms with Crippen LogP contribution in [0.15, 0.2) is 30.7 Å². The number of rotatable bonds is 5. The summed E-state index contributed by atoms with van der Waals surface area (Å²) < 4.78 is 38.4. The smallest absolute Gasteiger partial charge is 0.342 e.